The molecule has 1 N–H and O–H groups in total. The molecule has 1 atom stereocenters. The number of methoxy groups -OCH3 is 2. The van der Waals surface area contributed by atoms with Gasteiger partial charge in [-0.05, 0) is 26.7 Å². The normalized spacial score (nSPS) is 13.5. The van der Waals surface area contributed by atoms with E-state index in [0.29, 0.717) is 12.5 Å². The Bertz CT molecular complexity index is 234. The van der Waals surface area contributed by atoms with Crippen LogP contribution in [0, 0.1) is 5.92 Å². The second-order valence-electron chi connectivity index (χ2n) is 5.29. The predicted molar refractivity (Wildman–Crippen MR) is 70.4 cm³/mol. The summed E-state index contributed by atoms with van der Waals surface area (Å²) < 4.78 is 15.5. The van der Waals surface area contributed by atoms with Crippen LogP contribution >= 0.6 is 0 Å². The van der Waals surface area contributed by atoms with Gasteiger partial charge in [0.05, 0.1) is 0 Å². The number of nitrogens with one attached hydrogen (secondary N) is 1. The van der Waals surface area contributed by atoms with E-state index < -0.39 is 5.60 Å². The van der Waals surface area contributed by atoms with Crippen LogP contribution in [0.4, 0.5) is 4.79 Å². The highest BCUT2D eigenvalue weighted by Crippen LogP contribution is 2.13. The first-order valence-electron chi connectivity index (χ1n) is 6.34. The highest BCUT2D eigenvalue weighted by Gasteiger charge is 2.18. The van der Waals surface area contributed by atoms with E-state index in [0.717, 1.165) is 12.8 Å². The molecule has 0 saturated carbocycles. The lowest BCUT2D eigenvalue weighted by molar-refractivity contribution is -0.114. The molecule has 0 aromatic heterocycles. The Kier molecular flexibility index (Phi) is 7.95. The molecule has 0 aromatic rings. The van der Waals surface area contributed by atoms with Crippen molar-refractivity contribution < 1.29 is 19.0 Å². The molecule has 1 amide bonds. The van der Waals surface area contributed by atoms with E-state index in [1.165, 1.54) is 0 Å². The fourth-order valence-corrected chi connectivity index (χ4v) is 1.50. The van der Waals surface area contributed by atoms with Crippen molar-refractivity contribution in [2.24, 2.45) is 5.92 Å². The summed E-state index contributed by atoms with van der Waals surface area (Å²) in [6.07, 6.45) is 1.08. The van der Waals surface area contributed by atoms with Gasteiger partial charge in [-0.3, -0.25) is 0 Å². The Balaban J connectivity index is 4.03. The molecule has 0 aliphatic rings. The van der Waals surface area contributed by atoms with Crippen LogP contribution in [0.15, 0.2) is 0 Å². The summed E-state index contributed by atoms with van der Waals surface area (Å²) in [7, 11) is 3.23. The molecular weight excluding hydrogens is 234 g/mol. The number of amides is 1. The SMILES string of the molecule is CC[C@@H](CNC(=O)OC(C)(C)C)CC(OC)OC. The first-order chi connectivity index (χ1) is 8.32. The van der Waals surface area contributed by atoms with E-state index in [1.807, 2.05) is 20.8 Å². The van der Waals surface area contributed by atoms with Gasteiger partial charge in [0.1, 0.15) is 5.60 Å². The van der Waals surface area contributed by atoms with Gasteiger partial charge in [0.2, 0.25) is 0 Å². The van der Waals surface area contributed by atoms with Crippen LogP contribution in [0.3, 0.4) is 0 Å². The second kappa shape index (κ2) is 8.32. The van der Waals surface area contributed by atoms with Crippen LogP contribution in [0.5, 0.6) is 0 Å². The molecule has 5 nitrogen and oxygen atoms in total. The van der Waals surface area contributed by atoms with Crippen molar-refractivity contribution in [2.45, 2.75) is 52.4 Å². The van der Waals surface area contributed by atoms with E-state index in [9.17, 15) is 4.79 Å². The van der Waals surface area contributed by atoms with Crippen LogP contribution in [-0.4, -0.2) is 38.7 Å². The lowest BCUT2D eigenvalue weighted by Crippen LogP contribution is -2.36. The summed E-state index contributed by atoms with van der Waals surface area (Å²) in [4.78, 5) is 11.5. The predicted octanol–water partition coefficient (Wildman–Crippen LogP) is 2.55. The van der Waals surface area contributed by atoms with Crippen LogP contribution in [0.1, 0.15) is 40.5 Å². The Morgan fingerprint density at radius 3 is 2.17 bits per heavy atom. The quantitative estimate of drug-likeness (QED) is 0.716. The van der Waals surface area contributed by atoms with Gasteiger partial charge in [-0.1, -0.05) is 13.3 Å². The minimum Gasteiger partial charge on any atom is -0.444 e. The summed E-state index contributed by atoms with van der Waals surface area (Å²) in [5.41, 5.74) is -0.465. The first-order valence-corrected chi connectivity index (χ1v) is 6.34. The molecule has 0 spiro atoms. The lowest BCUT2D eigenvalue weighted by atomic mass is 10.0. The van der Waals surface area contributed by atoms with E-state index in [2.05, 4.69) is 12.2 Å². The van der Waals surface area contributed by atoms with Gasteiger partial charge in [0, 0.05) is 27.2 Å². The summed E-state index contributed by atoms with van der Waals surface area (Å²) in [5, 5.41) is 2.77. The molecule has 0 bridgehead atoms. The Hall–Kier alpha value is -0.810. The van der Waals surface area contributed by atoms with Gasteiger partial charge in [-0.2, -0.15) is 0 Å². The Morgan fingerprint density at radius 2 is 1.78 bits per heavy atom. The molecule has 0 aliphatic heterocycles. The van der Waals surface area contributed by atoms with Crippen LogP contribution < -0.4 is 5.32 Å². The number of ether oxygens (including phenoxy) is 3. The van der Waals surface area contributed by atoms with Crippen LogP contribution in [0.2, 0.25) is 0 Å². The topological polar surface area (TPSA) is 56.8 Å². The first kappa shape index (κ1) is 17.2. The summed E-state index contributed by atoms with van der Waals surface area (Å²) in [6, 6.07) is 0. The molecule has 0 rings (SSSR count). The number of rotatable bonds is 7. The van der Waals surface area contributed by atoms with Gasteiger partial charge in [-0.25, -0.2) is 4.79 Å². The molecule has 0 saturated heterocycles. The van der Waals surface area contributed by atoms with Crippen LogP contribution in [-0.2, 0) is 14.2 Å². The molecule has 5 heteroatoms. The molecule has 108 valence electrons. The van der Waals surface area contributed by atoms with Crippen molar-refractivity contribution in [1.29, 1.82) is 0 Å². The molecular formula is C13H27NO4. The minimum atomic E-state index is -0.465. The van der Waals surface area contributed by atoms with Crippen molar-refractivity contribution >= 4 is 6.09 Å². The monoisotopic (exact) mass is 261 g/mol. The molecule has 18 heavy (non-hydrogen) atoms. The smallest absolute Gasteiger partial charge is 0.407 e. The second-order valence-corrected chi connectivity index (χ2v) is 5.29. The van der Waals surface area contributed by atoms with Crippen molar-refractivity contribution in [3.05, 3.63) is 0 Å². The minimum absolute atomic E-state index is 0.226. The van der Waals surface area contributed by atoms with Crippen molar-refractivity contribution in [2.75, 3.05) is 20.8 Å². The zero-order valence-corrected chi connectivity index (χ0v) is 12.4. The Morgan fingerprint density at radius 1 is 1.22 bits per heavy atom. The van der Waals surface area contributed by atoms with Crippen molar-refractivity contribution in [3.63, 3.8) is 0 Å². The fraction of sp³-hybridized carbons (Fsp3) is 0.923. The fourth-order valence-electron chi connectivity index (χ4n) is 1.50. The molecule has 0 radical (unpaired) electrons. The van der Waals surface area contributed by atoms with Gasteiger partial charge in [-0.15, -0.1) is 0 Å². The molecule has 0 heterocycles. The van der Waals surface area contributed by atoms with Gasteiger partial charge in [0.25, 0.3) is 0 Å². The third kappa shape index (κ3) is 8.31. The number of alkyl carbamates (subject to hydrolysis) is 1. The molecule has 0 aromatic carbocycles. The van der Waals surface area contributed by atoms with E-state index in [1.54, 1.807) is 14.2 Å². The molecule has 0 fully saturated rings. The maximum atomic E-state index is 11.5. The number of hydrogen-bond acceptors (Lipinski definition) is 4. The average molecular weight is 261 g/mol. The zero-order chi connectivity index (χ0) is 14.2. The maximum Gasteiger partial charge on any atom is 0.407 e. The Labute approximate surface area is 110 Å². The van der Waals surface area contributed by atoms with Crippen molar-refractivity contribution in [3.8, 4) is 0 Å². The van der Waals surface area contributed by atoms with E-state index in [-0.39, 0.29) is 12.4 Å². The molecule has 0 unspecified atom stereocenters. The highest BCUT2D eigenvalue weighted by atomic mass is 16.7. The van der Waals surface area contributed by atoms with Crippen LogP contribution in [0.25, 0.3) is 0 Å². The standard InChI is InChI=1S/C13H27NO4/c1-7-10(8-11(16-5)17-6)9-14-12(15)18-13(2,3)4/h10-11H,7-9H2,1-6H3,(H,14,15)/t10-/m1/s1. The summed E-state index contributed by atoms with van der Waals surface area (Å²) in [5.74, 6) is 0.308. The van der Waals surface area contributed by atoms with E-state index >= 15 is 0 Å². The largest absolute Gasteiger partial charge is 0.444 e. The van der Waals surface area contributed by atoms with Crippen molar-refractivity contribution in [1.82, 2.24) is 5.32 Å². The third-order valence-electron chi connectivity index (χ3n) is 2.56. The van der Waals surface area contributed by atoms with E-state index in [4.69, 9.17) is 14.2 Å². The third-order valence-corrected chi connectivity index (χ3v) is 2.56. The number of hydrogen-bond donors (Lipinski definition) is 1. The van der Waals surface area contributed by atoms with Gasteiger partial charge < -0.3 is 19.5 Å². The average Bonchev–Trinajstić information content (AvgIpc) is 2.27. The summed E-state index contributed by atoms with van der Waals surface area (Å²) in [6.45, 7) is 8.17. The molecule has 0 aliphatic carbocycles. The highest BCUT2D eigenvalue weighted by molar-refractivity contribution is 5.67. The zero-order valence-electron chi connectivity index (χ0n) is 12.4. The summed E-state index contributed by atoms with van der Waals surface area (Å²) >= 11 is 0. The number of carbonyl (C=O) groups is 1. The van der Waals surface area contributed by atoms with Gasteiger partial charge >= 0.3 is 6.09 Å². The number of carbonyl (C=O) groups excluding carboxylic acids is 1. The maximum absolute atomic E-state index is 11.5. The lowest BCUT2D eigenvalue weighted by Gasteiger charge is -2.23. The van der Waals surface area contributed by atoms with Gasteiger partial charge in [0.15, 0.2) is 6.29 Å².